The molecule has 0 unspecified atom stereocenters. The van der Waals surface area contributed by atoms with E-state index in [1.54, 1.807) is 18.5 Å². The maximum Gasteiger partial charge on any atom is 0.129 e. The number of imidazole rings is 1. The van der Waals surface area contributed by atoms with Gasteiger partial charge in [0.2, 0.25) is 0 Å². The minimum Gasteiger partial charge on any atom is -0.303 e. The van der Waals surface area contributed by atoms with Crippen molar-refractivity contribution in [2.45, 2.75) is 26.7 Å². The molecular formula is C19H17ClF2N2. The Morgan fingerprint density at radius 1 is 1.12 bits per heavy atom. The Hall–Kier alpha value is -2.20. The van der Waals surface area contributed by atoms with E-state index in [0.29, 0.717) is 5.02 Å². The summed E-state index contributed by atoms with van der Waals surface area (Å²) >= 11 is 6.11. The summed E-state index contributed by atoms with van der Waals surface area (Å²) in [4.78, 5) is 4.40. The molecule has 3 aromatic rings. The van der Waals surface area contributed by atoms with E-state index in [-0.39, 0.29) is 12.0 Å². The first-order valence-electron chi connectivity index (χ1n) is 7.75. The first kappa shape index (κ1) is 16.7. The highest BCUT2D eigenvalue weighted by molar-refractivity contribution is 6.30. The molecule has 0 fully saturated rings. The molecule has 124 valence electrons. The van der Waals surface area contributed by atoms with Gasteiger partial charge in [-0.15, -0.1) is 0 Å². The van der Waals surface area contributed by atoms with Crippen LogP contribution in [0.3, 0.4) is 0 Å². The van der Waals surface area contributed by atoms with Crippen LogP contribution in [0, 0.1) is 18.6 Å². The molecule has 0 spiro atoms. The lowest BCUT2D eigenvalue weighted by molar-refractivity contribution is 0.561. The number of hydrogen-bond donors (Lipinski definition) is 0. The maximum absolute atomic E-state index is 14.0. The Balaban J connectivity index is 2.11. The van der Waals surface area contributed by atoms with Gasteiger partial charge in [-0.25, -0.2) is 13.8 Å². The molecule has 24 heavy (non-hydrogen) atoms. The monoisotopic (exact) mass is 346 g/mol. The van der Waals surface area contributed by atoms with Crippen molar-refractivity contribution in [3.05, 3.63) is 81.9 Å². The average Bonchev–Trinajstić information content (AvgIpc) is 2.92. The summed E-state index contributed by atoms with van der Waals surface area (Å²) < 4.78 is 30.0. The fraction of sp³-hybridized carbons (Fsp3) is 0.211. The molecule has 0 aliphatic carbocycles. The number of benzene rings is 2. The zero-order valence-corrected chi connectivity index (χ0v) is 14.2. The van der Waals surface area contributed by atoms with Gasteiger partial charge in [-0.3, -0.25) is 0 Å². The zero-order valence-electron chi connectivity index (χ0n) is 13.5. The number of aromatic nitrogens is 2. The second-order valence-electron chi connectivity index (χ2n) is 5.65. The smallest absolute Gasteiger partial charge is 0.129 e. The topological polar surface area (TPSA) is 17.8 Å². The quantitative estimate of drug-likeness (QED) is 0.629. The molecule has 0 bridgehead atoms. The van der Waals surface area contributed by atoms with Crippen molar-refractivity contribution >= 4 is 11.6 Å². The van der Waals surface area contributed by atoms with Crippen LogP contribution in [0.2, 0.25) is 5.02 Å². The van der Waals surface area contributed by atoms with Gasteiger partial charge in [0, 0.05) is 22.7 Å². The average molecular weight is 347 g/mol. The number of nitrogens with zero attached hydrogens (tertiary/aromatic N) is 2. The molecule has 0 radical (unpaired) electrons. The Bertz CT molecular complexity index is 867. The standard InChI is InChI=1S/C19H17ClF2N2/c1-3-18-12(2)24(11-23-18)19-8-7-14(20)9-13(19)10-15-16(21)5-4-6-17(15)22/h4-9,11H,3,10H2,1-2H3. The van der Waals surface area contributed by atoms with E-state index in [1.165, 1.54) is 18.2 Å². The van der Waals surface area contributed by atoms with Crippen LogP contribution in [0.25, 0.3) is 5.69 Å². The van der Waals surface area contributed by atoms with Gasteiger partial charge in [0.25, 0.3) is 0 Å². The van der Waals surface area contributed by atoms with Gasteiger partial charge in [-0.1, -0.05) is 24.6 Å². The minimum absolute atomic E-state index is 0.0366. The number of halogens is 3. The van der Waals surface area contributed by atoms with Crippen molar-refractivity contribution in [2.75, 3.05) is 0 Å². The van der Waals surface area contributed by atoms with E-state index in [2.05, 4.69) is 4.98 Å². The summed E-state index contributed by atoms with van der Waals surface area (Å²) in [6.45, 7) is 4.02. The van der Waals surface area contributed by atoms with Crippen molar-refractivity contribution in [1.82, 2.24) is 9.55 Å². The highest BCUT2D eigenvalue weighted by Gasteiger charge is 2.15. The van der Waals surface area contributed by atoms with Gasteiger partial charge in [-0.2, -0.15) is 0 Å². The van der Waals surface area contributed by atoms with Crippen molar-refractivity contribution in [3.8, 4) is 5.69 Å². The van der Waals surface area contributed by atoms with Crippen LogP contribution in [0.1, 0.15) is 29.4 Å². The zero-order chi connectivity index (χ0) is 17.3. The minimum atomic E-state index is -0.558. The van der Waals surface area contributed by atoms with Crippen LogP contribution in [-0.2, 0) is 12.8 Å². The lowest BCUT2D eigenvalue weighted by atomic mass is 10.0. The van der Waals surface area contributed by atoms with Crippen LogP contribution in [-0.4, -0.2) is 9.55 Å². The third-order valence-electron chi connectivity index (χ3n) is 4.17. The summed E-state index contributed by atoms with van der Waals surface area (Å²) in [5.41, 5.74) is 3.61. The predicted octanol–water partition coefficient (Wildman–Crippen LogP) is 5.27. The molecule has 2 nitrogen and oxygen atoms in total. The van der Waals surface area contributed by atoms with Crippen molar-refractivity contribution in [2.24, 2.45) is 0 Å². The summed E-state index contributed by atoms with van der Waals surface area (Å²) in [6.07, 6.45) is 2.68. The molecule has 0 amide bonds. The first-order valence-corrected chi connectivity index (χ1v) is 8.13. The van der Waals surface area contributed by atoms with Gasteiger partial charge in [0.05, 0.1) is 17.7 Å². The van der Waals surface area contributed by atoms with Gasteiger partial charge in [0.1, 0.15) is 11.6 Å². The van der Waals surface area contributed by atoms with Crippen LogP contribution < -0.4 is 0 Å². The van der Waals surface area contributed by atoms with E-state index in [9.17, 15) is 8.78 Å². The summed E-state index contributed by atoms with van der Waals surface area (Å²) in [6, 6.07) is 9.25. The van der Waals surface area contributed by atoms with Gasteiger partial charge in [0.15, 0.2) is 0 Å². The van der Waals surface area contributed by atoms with Gasteiger partial charge in [-0.05, 0) is 49.2 Å². The molecule has 3 rings (SSSR count). The fourth-order valence-electron chi connectivity index (χ4n) is 2.86. The molecule has 0 saturated heterocycles. The third-order valence-corrected chi connectivity index (χ3v) is 4.41. The largest absolute Gasteiger partial charge is 0.303 e. The second-order valence-corrected chi connectivity index (χ2v) is 6.09. The van der Waals surface area contributed by atoms with E-state index < -0.39 is 11.6 Å². The van der Waals surface area contributed by atoms with Crippen LogP contribution in [0.15, 0.2) is 42.7 Å². The van der Waals surface area contributed by atoms with Crippen LogP contribution >= 0.6 is 11.6 Å². The molecule has 1 aromatic heterocycles. The number of rotatable bonds is 4. The Morgan fingerprint density at radius 3 is 2.46 bits per heavy atom. The predicted molar refractivity (Wildman–Crippen MR) is 91.9 cm³/mol. The second kappa shape index (κ2) is 6.73. The normalized spacial score (nSPS) is 11.0. The van der Waals surface area contributed by atoms with Crippen LogP contribution in [0.5, 0.6) is 0 Å². The van der Waals surface area contributed by atoms with Crippen molar-refractivity contribution in [1.29, 1.82) is 0 Å². The van der Waals surface area contributed by atoms with Crippen LogP contribution in [0.4, 0.5) is 8.78 Å². The van der Waals surface area contributed by atoms with Gasteiger partial charge < -0.3 is 4.57 Å². The number of hydrogen-bond acceptors (Lipinski definition) is 1. The first-order chi connectivity index (χ1) is 11.5. The van der Waals surface area contributed by atoms with E-state index in [0.717, 1.165) is 29.1 Å². The van der Waals surface area contributed by atoms with Crippen molar-refractivity contribution in [3.63, 3.8) is 0 Å². The molecular weight excluding hydrogens is 330 g/mol. The van der Waals surface area contributed by atoms with Gasteiger partial charge >= 0.3 is 0 Å². The molecule has 5 heteroatoms. The lowest BCUT2D eigenvalue weighted by Crippen LogP contribution is -2.04. The SMILES string of the molecule is CCc1ncn(-c2ccc(Cl)cc2Cc2c(F)cccc2F)c1C. The molecule has 0 N–H and O–H groups in total. The Kier molecular flexibility index (Phi) is 4.67. The Morgan fingerprint density at radius 2 is 1.83 bits per heavy atom. The molecule has 0 aliphatic heterocycles. The molecule has 1 heterocycles. The fourth-order valence-corrected chi connectivity index (χ4v) is 3.05. The van der Waals surface area contributed by atoms with Crippen molar-refractivity contribution < 1.29 is 8.78 Å². The summed E-state index contributed by atoms with van der Waals surface area (Å²) in [5.74, 6) is -1.12. The molecule has 2 aromatic carbocycles. The van der Waals surface area contributed by atoms with E-state index in [4.69, 9.17) is 11.6 Å². The van der Waals surface area contributed by atoms with E-state index >= 15 is 0 Å². The number of aryl methyl sites for hydroxylation is 1. The molecule has 0 saturated carbocycles. The summed E-state index contributed by atoms with van der Waals surface area (Å²) in [5, 5.41) is 0.527. The maximum atomic E-state index is 14.0. The van der Waals surface area contributed by atoms with E-state index in [1.807, 2.05) is 24.5 Å². The lowest BCUT2D eigenvalue weighted by Gasteiger charge is -2.14. The molecule has 0 atom stereocenters. The molecule has 0 aliphatic rings. The summed E-state index contributed by atoms with van der Waals surface area (Å²) in [7, 11) is 0. The highest BCUT2D eigenvalue weighted by atomic mass is 35.5. The highest BCUT2D eigenvalue weighted by Crippen LogP contribution is 2.26. The Labute approximate surface area is 144 Å². The third kappa shape index (κ3) is 3.06.